The minimum absolute atomic E-state index is 0.0190. The third-order valence-electron chi connectivity index (χ3n) is 11.7. The van der Waals surface area contributed by atoms with Gasteiger partial charge in [0.2, 0.25) is 0 Å². The number of aliphatic hydroxyl groups excluding tert-OH is 2. The molecule has 0 unspecified atom stereocenters. The number of Topliss-reactive ketones (excluding diaryl/α,β-unsaturated/α-hetero) is 1. The van der Waals surface area contributed by atoms with E-state index in [1.54, 1.807) is 65.8 Å². The van der Waals surface area contributed by atoms with Crippen molar-refractivity contribution in [1.29, 1.82) is 0 Å². The molecule has 1 amide bonds. The van der Waals surface area contributed by atoms with E-state index in [1.165, 1.54) is 27.2 Å². The van der Waals surface area contributed by atoms with Crippen LogP contribution >= 0.6 is 0 Å². The van der Waals surface area contributed by atoms with Crippen LogP contribution in [0.15, 0.2) is 46.1 Å². The Balaban J connectivity index is 1.76. The summed E-state index contributed by atoms with van der Waals surface area (Å²) in [7, 11) is 3.43. The van der Waals surface area contributed by atoms with Gasteiger partial charge in [-0.05, 0) is 39.9 Å². The van der Waals surface area contributed by atoms with E-state index in [2.05, 4.69) is 10.2 Å². The molecule has 15 nitrogen and oxygen atoms in total. The lowest BCUT2D eigenvalue weighted by Gasteiger charge is -2.38. The first-order valence-electron chi connectivity index (χ1n) is 19.8. The molecule has 316 valence electrons. The number of methoxy groups -OCH3 is 1. The minimum atomic E-state index is -1.96. The highest BCUT2D eigenvalue weighted by Crippen LogP contribution is 2.49. The standard InChI is InChI=1S/C43H58N4O11/c1-21-13-11-14-22(2)42(54)46-34-33-32(45-17-19-47(9)18-12-16-44-33)29-30(38(34)52)37(51)26(6)40-31(29)41(53)43(8,58-40)56-20-15-28(55-10)23(3)39(57-27(7)48)25(5)36(50)24(4)35(21)49/h11,13-15,20-21,23-25,28,35-36,39,49-52H,12,16-19H2,1-10H3,(H,46,54)/b13-11+,20-15+,22-14-,44-33?,45-32?/t21-,23+,24+,25+,28-,35-,36+,39+,43-/m0/s1. The van der Waals surface area contributed by atoms with Crippen LogP contribution in [0.1, 0.15) is 70.8 Å². The average Bonchev–Trinajstić information content (AvgIpc) is 3.45. The fraction of sp³-hybridized carbons (Fsp3) is 0.558. The predicted octanol–water partition coefficient (Wildman–Crippen LogP) is 3.62. The molecule has 5 N–H and O–H groups in total. The Morgan fingerprint density at radius 2 is 1.64 bits per heavy atom. The third kappa shape index (κ3) is 8.63. The van der Waals surface area contributed by atoms with E-state index in [4.69, 9.17) is 28.9 Å². The van der Waals surface area contributed by atoms with Gasteiger partial charge in [-0.2, -0.15) is 0 Å². The Hall–Kier alpha value is -4.83. The molecule has 2 aromatic rings. The van der Waals surface area contributed by atoms with E-state index in [-0.39, 0.29) is 61.9 Å². The van der Waals surface area contributed by atoms with Crippen molar-refractivity contribution in [3.8, 4) is 17.2 Å². The van der Waals surface area contributed by atoms with E-state index in [0.717, 1.165) is 6.54 Å². The molecular weight excluding hydrogens is 748 g/mol. The second-order valence-electron chi connectivity index (χ2n) is 16.0. The van der Waals surface area contributed by atoms with Gasteiger partial charge in [-0.25, -0.2) is 0 Å². The Labute approximate surface area is 338 Å². The number of carbonyl (C=O) groups is 3. The molecule has 9 atom stereocenters. The van der Waals surface area contributed by atoms with Gasteiger partial charge in [-0.1, -0.05) is 45.9 Å². The van der Waals surface area contributed by atoms with Crippen LogP contribution in [0.2, 0.25) is 0 Å². The Morgan fingerprint density at radius 3 is 2.31 bits per heavy atom. The molecule has 0 spiro atoms. The van der Waals surface area contributed by atoms with Crippen molar-refractivity contribution in [3.05, 3.63) is 58.0 Å². The monoisotopic (exact) mass is 806 g/mol. The molecule has 5 rings (SSSR count). The number of hydrogen-bond acceptors (Lipinski definition) is 14. The number of phenols is 2. The number of ketones is 1. The van der Waals surface area contributed by atoms with Gasteiger partial charge in [0, 0.05) is 74.2 Å². The van der Waals surface area contributed by atoms with Gasteiger partial charge < -0.3 is 49.6 Å². The van der Waals surface area contributed by atoms with Crippen molar-refractivity contribution in [2.75, 3.05) is 45.7 Å². The van der Waals surface area contributed by atoms with Gasteiger partial charge in [0.1, 0.15) is 28.6 Å². The summed E-state index contributed by atoms with van der Waals surface area (Å²) in [5.74, 6) is -6.97. The highest BCUT2D eigenvalue weighted by molar-refractivity contribution is 6.19. The number of allylic oxidation sites excluding steroid dienone is 2. The number of ether oxygens (including phenoxy) is 4. The number of nitrogens with one attached hydrogen (secondary N) is 1. The predicted molar refractivity (Wildman–Crippen MR) is 216 cm³/mol. The number of aliphatic hydroxyl groups is 2. The van der Waals surface area contributed by atoms with Crippen LogP contribution in [-0.2, 0) is 23.8 Å². The number of anilines is 1. The lowest BCUT2D eigenvalue weighted by molar-refractivity contribution is -0.160. The minimum Gasteiger partial charge on any atom is -0.507 e. The van der Waals surface area contributed by atoms with E-state index in [0.29, 0.717) is 19.5 Å². The zero-order chi connectivity index (χ0) is 42.8. The summed E-state index contributed by atoms with van der Waals surface area (Å²) in [6.07, 6.45) is 4.56. The van der Waals surface area contributed by atoms with E-state index in [9.17, 15) is 34.8 Å². The molecule has 0 radical (unpaired) electrons. The first-order valence-corrected chi connectivity index (χ1v) is 19.8. The van der Waals surface area contributed by atoms with Gasteiger partial charge in [-0.3, -0.25) is 24.4 Å². The molecule has 0 aromatic heterocycles. The molecule has 2 aromatic carbocycles. The van der Waals surface area contributed by atoms with Crippen LogP contribution in [0.4, 0.5) is 5.69 Å². The lowest BCUT2D eigenvalue weighted by Crippen LogP contribution is -2.46. The third-order valence-corrected chi connectivity index (χ3v) is 11.7. The lowest BCUT2D eigenvalue weighted by atomic mass is 9.78. The number of rotatable bonds is 2. The van der Waals surface area contributed by atoms with Gasteiger partial charge in [0.15, 0.2) is 5.75 Å². The summed E-state index contributed by atoms with van der Waals surface area (Å²) >= 11 is 0. The fourth-order valence-corrected chi connectivity index (χ4v) is 7.99. The summed E-state index contributed by atoms with van der Waals surface area (Å²) in [5, 5.41) is 49.8. The topological polar surface area (TPSA) is 209 Å². The van der Waals surface area contributed by atoms with Gasteiger partial charge >= 0.3 is 11.8 Å². The number of nitrogens with zero attached hydrogens (tertiary/aromatic N) is 3. The van der Waals surface area contributed by atoms with Crippen LogP contribution in [0.3, 0.4) is 0 Å². The number of hydrogen-bond donors (Lipinski definition) is 5. The fourth-order valence-electron chi connectivity index (χ4n) is 7.99. The van der Waals surface area contributed by atoms with Crippen molar-refractivity contribution < 1.29 is 53.8 Å². The smallest absolute Gasteiger partial charge is 0.312 e. The van der Waals surface area contributed by atoms with E-state index >= 15 is 0 Å². The molecule has 0 aliphatic carbocycles. The van der Waals surface area contributed by atoms with Crippen molar-refractivity contribution >= 4 is 34.1 Å². The molecule has 4 bridgehead atoms. The highest BCUT2D eigenvalue weighted by atomic mass is 16.7. The van der Waals surface area contributed by atoms with Crippen molar-refractivity contribution in [1.82, 2.24) is 4.90 Å². The molecule has 0 saturated carbocycles. The van der Waals surface area contributed by atoms with Crippen molar-refractivity contribution in [3.63, 3.8) is 0 Å². The number of carbonyl (C=O) groups excluding carboxylic acids is 3. The summed E-state index contributed by atoms with van der Waals surface area (Å²) in [6.45, 7) is 14.7. The van der Waals surface area contributed by atoms with Crippen molar-refractivity contribution in [2.24, 2.45) is 33.7 Å². The summed E-state index contributed by atoms with van der Waals surface area (Å²) in [4.78, 5) is 52.6. The second-order valence-corrected chi connectivity index (χ2v) is 16.0. The maximum Gasteiger partial charge on any atom is 0.312 e. The first kappa shape index (κ1) is 44.3. The number of benzene rings is 2. The van der Waals surface area contributed by atoms with Gasteiger partial charge in [-0.15, -0.1) is 0 Å². The van der Waals surface area contributed by atoms with Crippen LogP contribution < -0.4 is 20.8 Å². The maximum absolute atomic E-state index is 14.6. The molecule has 15 heteroatoms. The van der Waals surface area contributed by atoms with Crippen molar-refractivity contribution in [2.45, 2.75) is 92.0 Å². The average molecular weight is 807 g/mol. The first-order chi connectivity index (χ1) is 27.3. The Kier molecular flexibility index (Phi) is 13.7. The number of aromatic hydroxyl groups is 2. The number of phenolic OH excluding ortho intramolecular Hbond substituents is 2. The Bertz CT molecular complexity index is 2150. The van der Waals surface area contributed by atoms with Crippen LogP contribution in [-0.4, -0.2) is 114 Å². The van der Waals surface area contributed by atoms with E-state index in [1.807, 2.05) is 7.05 Å². The zero-order valence-corrected chi connectivity index (χ0v) is 35.0. The quantitative estimate of drug-likeness (QED) is 0.218. The largest absolute Gasteiger partial charge is 0.507 e. The van der Waals surface area contributed by atoms with Crippen LogP contribution in [0.5, 0.6) is 17.2 Å². The summed E-state index contributed by atoms with van der Waals surface area (Å²) < 4.78 is 23.9. The number of likely N-dealkylation sites (N-methyl/N-ethyl adjacent to an activating group) is 1. The number of amides is 1. The maximum atomic E-state index is 14.6. The summed E-state index contributed by atoms with van der Waals surface area (Å²) in [5.41, 5.74) is 0.330. The number of esters is 1. The molecule has 0 saturated heterocycles. The molecule has 3 aliphatic rings. The second kappa shape index (κ2) is 18.0. The zero-order valence-electron chi connectivity index (χ0n) is 35.0. The van der Waals surface area contributed by atoms with E-state index < -0.39 is 77.3 Å². The van der Waals surface area contributed by atoms with Crippen LogP contribution in [0.25, 0.3) is 10.8 Å². The van der Waals surface area contributed by atoms with Gasteiger partial charge in [0.25, 0.3) is 11.7 Å². The summed E-state index contributed by atoms with van der Waals surface area (Å²) in [6, 6.07) is 0. The van der Waals surface area contributed by atoms with Crippen LogP contribution in [0, 0.1) is 30.6 Å². The number of fused-ring (bicyclic) bond motifs is 1. The molecule has 3 aliphatic heterocycles. The SMILES string of the molecule is CO[C@H]1/C=C/O[C@@]2(C)Oc3c(C)c(O)c4c(O)c(c5c(c4c3C2=O)=NCCN(C)CCCN=5)NC(=O)/C(C)=C\C=C\[C@H](C)[C@H](O)[C@@H](C)[C@@H](O)[C@@H](C)[C@H](OC(C)=O)[C@@H]1C. The normalized spacial score (nSPS) is 32.4. The molecule has 0 fully saturated rings. The highest BCUT2D eigenvalue weighted by Gasteiger charge is 2.49. The molecular formula is C43H58N4O11. The Morgan fingerprint density at radius 1 is 0.948 bits per heavy atom. The van der Waals surface area contributed by atoms with Gasteiger partial charge in [0.05, 0.1) is 47.4 Å². The molecule has 3 heterocycles. The molecule has 58 heavy (non-hydrogen) atoms.